The predicted octanol–water partition coefficient (Wildman–Crippen LogP) is 2.27. The first-order chi connectivity index (χ1) is 12.0. The summed E-state index contributed by atoms with van der Waals surface area (Å²) >= 11 is 0. The van der Waals surface area contributed by atoms with E-state index in [9.17, 15) is 19.7 Å². The zero-order valence-corrected chi connectivity index (χ0v) is 14.3. The SMILES string of the molecule is COC(=O)CCNC(=O)c1ccc(N2CCCCCC2)c([N+](=O)[O-])c1. The van der Waals surface area contributed by atoms with Crippen molar-refractivity contribution >= 4 is 23.3 Å². The van der Waals surface area contributed by atoms with Crippen LogP contribution in [0.3, 0.4) is 0 Å². The Morgan fingerprint density at radius 3 is 2.52 bits per heavy atom. The number of nitrogens with one attached hydrogen (secondary N) is 1. The normalized spacial score (nSPS) is 14.5. The standard InChI is InChI=1S/C17H23N3O5/c1-25-16(21)8-9-18-17(22)13-6-7-14(15(12-13)20(23)24)19-10-4-2-3-5-11-19/h6-7,12H,2-5,8-11H2,1H3,(H,18,22). The molecule has 1 aliphatic heterocycles. The lowest BCUT2D eigenvalue weighted by atomic mass is 10.1. The van der Waals surface area contributed by atoms with Gasteiger partial charge in [0.05, 0.1) is 18.5 Å². The van der Waals surface area contributed by atoms with Gasteiger partial charge in [0, 0.05) is 31.3 Å². The fourth-order valence-corrected chi connectivity index (χ4v) is 2.87. The number of ether oxygens (including phenoxy) is 1. The summed E-state index contributed by atoms with van der Waals surface area (Å²) < 4.78 is 4.50. The molecule has 8 heteroatoms. The van der Waals surface area contributed by atoms with Crippen LogP contribution in [0.4, 0.5) is 11.4 Å². The molecule has 25 heavy (non-hydrogen) atoms. The Labute approximate surface area is 146 Å². The first kappa shape index (κ1) is 18.7. The lowest BCUT2D eigenvalue weighted by Crippen LogP contribution is -2.27. The molecule has 0 aliphatic carbocycles. The lowest BCUT2D eigenvalue weighted by Gasteiger charge is -2.22. The third-order valence-electron chi connectivity index (χ3n) is 4.22. The van der Waals surface area contributed by atoms with E-state index >= 15 is 0 Å². The summed E-state index contributed by atoms with van der Waals surface area (Å²) in [5.41, 5.74) is 0.690. The minimum Gasteiger partial charge on any atom is -0.469 e. The second-order valence-electron chi connectivity index (χ2n) is 5.94. The average Bonchev–Trinajstić information content (AvgIpc) is 2.90. The van der Waals surface area contributed by atoms with E-state index in [0.717, 1.165) is 38.8 Å². The smallest absolute Gasteiger partial charge is 0.307 e. The molecular weight excluding hydrogens is 326 g/mol. The maximum Gasteiger partial charge on any atom is 0.307 e. The van der Waals surface area contributed by atoms with Crippen LogP contribution in [0, 0.1) is 10.1 Å². The molecule has 0 saturated carbocycles. The maximum absolute atomic E-state index is 12.1. The van der Waals surface area contributed by atoms with Gasteiger partial charge in [-0.05, 0) is 25.0 Å². The number of carbonyl (C=O) groups is 2. The number of hydrogen-bond donors (Lipinski definition) is 1. The van der Waals surface area contributed by atoms with Gasteiger partial charge in [0.2, 0.25) is 0 Å². The zero-order valence-electron chi connectivity index (χ0n) is 14.3. The first-order valence-electron chi connectivity index (χ1n) is 8.41. The Kier molecular flexibility index (Phi) is 6.73. The summed E-state index contributed by atoms with van der Waals surface area (Å²) in [6.07, 6.45) is 4.33. The van der Waals surface area contributed by atoms with E-state index in [-0.39, 0.29) is 24.2 Å². The molecule has 1 aromatic rings. The highest BCUT2D eigenvalue weighted by molar-refractivity contribution is 5.96. The third-order valence-corrected chi connectivity index (χ3v) is 4.22. The molecule has 8 nitrogen and oxygen atoms in total. The van der Waals surface area contributed by atoms with Gasteiger partial charge in [0.15, 0.2) is 0 Å². The number of anilines is 1. The van der Waals surface area contributed by atoms with Crippen LogP contribution >= 0.6 is 0 Å². The summed E-state index contributed by atoms with van der Waals surface area (Å²) in [6, 6.07) is 4.52. The molecule has 1 aliphatic rings. The van der Waals surface area contributed by atoms with Gasteiger partial charge in [0.1, 0.15) is 5.69 Å². The molecule has 1 heterocycles. The highest BCUT2D eigenvalue weighted by atomic mass is 16.6. The topological polar surface area (TPSA) is 102 Å². The van der Waals surface area contributed by atoms with E-state index in [1.165, 1.54) is 13.2 Å². The number of carbonyl (C=O) groups excluding carboxylic acids is 2. The molecule has 0 unspecified atom stereocenters. The zero-order chi connectivity index (χ0) is 18.2. The van der Waals surface area contributed by atoms with Crippen LogP contribution in [0.25, 0.3) is 0 Å². The lowest BCUT2D eigenvalue weighted by molar-refractivity contribution is -0.384. The van der Waals surface area contributed by atoms with Gasteiger partial charge in [-0.3, -0.25) is 19.7 Å². The van der Waals surface area contributed by atoms with Crippen molar-refractivity contribution in [2.24, 2.45) is 0 Å². The van der Waals surface area contributed by atoms with Crippen LogP contribution in [0.2, 0.25) is 0 Å². The summed E-state index contributed by atoms with van der Waals surface area (Å²) in [5, 5.41) is 14.0. The van der Waals surface area contributed by atoms with Gasteiger partial charge in [-0.1, -0.05) is 12.8 Å². The van der Waals surface area contributed by atoms with Crippen LogP contribution in [0.5, 0.6) is 0 Å². The number of amides is 1. The van der Waals surface area contributed by atoms with E-state index in [0.29, 0.717) is 5.69 Å². The van der Waals surface area contributed by atoms with E-state index in [4.69, 9.17) is 0 Å². The molecule has 0 radical (unpaired) electrons. The minimum atomic E-state index is -0.453. The van der Waals surface area contributed by atoms with Crippen molar-refractivity contribution in [2.45, 2.75) is 32.1 Å². The number of hydrogen-bond acceptors (Lipinski definition) is 6. The number of esters is 1. The van der Waals surface area contributed by atoms with Crippen molar-refractivity contribution in [3.05, 3.63) is 33.9 Å². The molecule has 136 valence electrons. The van der Waals surface area contributed by atoms with Crippen molar-refractivity contribution in [3.63, 3.8) is 0 Å². The number of rotatable bonds is 6. The number of nitrogens with zero attached hydrogens (tertiary/aromatic N) is 2. The van der Waals surface area contributed by atoms with E-state index in [1.807, 2.05) is 4.90 Å². The Hall–Kier alpha value is -2.64. The molecule has 1 saturated heterocycles. The molecule has 0 aromatic heterocycles. The molecule has 1 N–H and O–H groups in total. The Bertz CT molecular complexity index is 639. The third kappa shape index (κ3) is 5.17. The highest BCUT2D eigenvalue weighted by Gasteiger charge is 2.22. The number of methoxy groups -OCH3 is 1. The van der Waals surface area contributed by atoms with Gasteiger partial charge in [0.25, 0.3) is 11.6 Å². The molecule has 1 fully saturated rings. The summed E-state index contributed by atoms with van der Waals surface area (Å²) in [6.45, 7) is 1.68. The van der Waals surface area contributed by atoms with Gasteiger partial charge in [-0.15, -0.1) is 0 Å². The summed E-state index contributed by atoms with van der Waals surface area (Å²) in [4.78, 5) is 36.2. The second kappa shape index (κ2) is 9.00. The Balaban J connectivity index is 2.13. The molecule has 1 aromatic carbocycles. The molecule has 2 rings (SSSR count). The van der Waals surface area contributed by atoms with Crippen LogP contribution in [0.15, 0.2) is 18.2 Å². The Morgan fingerprint density at radius 1 is 1.24 bits per heavy atom. The molecular formula is C17H23N3O5. The van der Waals surface area contributed by atoms with Gasteiger partial charge >= 0.3 is 5.97 Å². The van der Waals surface area contributed by atoms with E-state index in [1.54, 1.807) is 12.1 Å². The summed E-state index contributed by atoms with van der Waals surface area (Å²) in [7, 11) is 1.27. The van der Waals surface area contributed by atoms with Crippen molar-refractivity contribution in [3.8, 4) is 0 Å². The first-order valence-corrected chi connectivity index (χ1v) is 8.41. The summed E-state index contributed by atoms with van der Waals surface area (Å²) in [5.74, 6) is -0.878. The molecule has 1 amide bonds. The van der Waals surface area contributed by atoms with E-state index < -0.39 is 16.8 Å². The molecule has 0 spiro atoms. The van der Waals surface area contributed by atoms with Gasteiger partial charge in [-0.25, -0.2) is 0 Å². The van der Waals surface area contributed by atoms with Crippen LogP contribution < -0.4 is 10.2 Å². The quantitative estimate of drug-likeness (QED) is 0.480. The number of nitro benzene ring substituents is 1. The second-order valence-corrected chi connectivity index (χ2v) is 5.94. The van der Waals surface area contributed by atoms with Crippen molar-refractivity contribution in [1.82, 2.24) is 5.32 Å². The predicted molar refractivity (Wildman–Crippen MR) is 92.7 cm³/mol. The largest absolute Gasteiger partial charge is 0.469 e. The molecule has 0 atom stereocenters. The molecule has 0 bridgehead atoms. The monoisotopic (exact) mass is 349 g/mol. The van der Waals surface area contributed by atoms with Crippen LogP contribution in [-0.4, -0.2) is 43.5 Å². The van der Waals surface area contributed by atoms with Crippen LogP contribution in [0.1, 0.15) is 42.5 Å². The van der Waals surface area contributed by atoms with Gasteiger partial charge < -0.3 is 15.0 Å². The minimum absolute atomic E-state index is 0.0518. The average molecular weight is 349 g/mol. The van der Waals surface area contributed by atoms with Gasteiger partial charge in [-0.2, -0.15) is 0 Å². The number of benzene rings is 1. The van der Waals surface area contributed by atoms with Crippen molar-refractivity contribution in [1.29, 1.82) is 0 Å². The Morgan fingerprint density at radius 2 is 1.92 bits per heavy atom. The maximum atomic E-state index is 12.1. The highest BCUT2D eigenvalue weighted by Crippen LogP contribution is 2.31. The fourth-order valence-electron chi connectivity index (χ4n) is 2.87. The van der Waals surface area contributed by atoms with E-state index in [2.05, 4.69) is 10.1 Å². The number of nitro groups is 1. The van der Waals surface area contributed by atoms with Crippen LogP contribution in [-0.2, 0) is 9.53 Å². The fraction of sp³-hybridized carbons (Fsp3) is 0.529. The van der Waals surface area contributed by atoms with Crippen molar-refractivity contribution in [2.75, 3.05) is 31.6 Å². The van der Waals surface area contributed by atoms with Crippen molar-refractivity contribution < 1.29 is 19.2 Å².